The lowest BCUT2D eigenvalue weighted by molar-refractivity contribution is -0.137. The first kappa shape index (κ1) is 15.1. The molecule has 114 valence electrons. The van der Waals surface area contributed by atoms with Crippen LogP contribution in [0.25, 0.3) is 0 Å². The van der Waals surface area contributed by atoms with Crippen LogP contribution in [0.5, 0.6) is 0 Å². The van der Waals surface area contributed by atoms with E-state index in [2.05, 4.69) is 12.2 Å². The van der Waals surface area contributed by atoms with Crippen molar-refractivity contribution in [2.45, 2.75) is 32.4 Å². The van der Waals surface area contributed by atoms with Crippen LogP contribution in [-0.4, -0.2) is 29.9 Å². The Labute approximate surface area is 135 Å². The molecular formula is C16H20Cl2N2O. The first-order chi connectivity index (χ1) is 10.1. The SMILES string of the molecule is C[C@@H]1CNC[C@H]1C(=O)N(Cc1ccc(Cl)c(Cl)c1)C1CC1. The second-order valence-corrected chi connectivity index (χ2v) is 7.00. The Kier molecular flexibility index (Phi) is 4.43. The molecule has 1 aromatic carbocycles. The molecule has 1 amide bonds. The summed E-state index contributed by atoms with van der Waals surface area (Å²) >= 11 is 12.0. The summed E-state index contributed by atoms with van der Waals surface area (Å²) in [6.07, 6.45) is 2.23. The number of benzene rings is 1. The number of hydrogen-bond acceptors (Lipinski definition) is 2. The Morgan fingerprint density at radius 1 is 1.29 bits per heavy atom. The van der Waals surface area contributed by atoms with E-state index in [0.717, 1.165) is 31.5 Å². The van der Waals surface area contributed by atoms with E-state index < -0.39 is 0 Å². The summed E-state index contributed by atoms with van der Waals surface area (Å²) in [5, 5.41) is 4.41. The van der Waals surface area contributed by atoms with Crippen LogP contribution >= 0.6 is 23.2 Å². The number of carbonyl (C=O) groups excluding carboxylic acids is 1. The fourth-order valence-corrected chi connectivity index (χ4v) is 3.28. The maximum absolute atomic E-state index is 12.8. The van der Waals surface area contributed by atoms with Crippen LogP contribution < -0.4 is 5.32 Å². The summed E-state index contributed by atoms with van der Waals surface area (Å²) in [5.41, 5.74) is 1.04. The molecule has 0 spiro atoms. The van der Waals surface area contributed by atoms with E-state index in [1.165, 1.54) is 0 Å². The fraction of sp³-hybridized carbons (Fsp3) is 0.562. The number of carbonyl (C=O) groups is 1. The largest absolute Gasteiger partial charge is 0.335 e. The molecule has 0 unspecified atom stereocenters. The molecule has 1 saturated carbocycles. The van der Waals surface area contributed by atoms with Crippen LogP contribution in [0.4, 0.5) is 0 Å². The minimum absolute atomic E-state index is 0.105. The third-order valence-electron chi connectivity index (χ3n) is 4.44. The van der Waals surface area contributed by atoms with Crippen LogP contribution in [0, 0.1) is 11.8 Å². The standard InChI is InChI=1S/C16H20Cl2N2O/c1-10-7-19-8-13(10)16(21)20(12-3-4-12)9-11-2-5-14(17)15(18)6-11/h2,5-6,10,12-13,19H,3-4,7-9H2,1H3/t10-,13-/m1/s1. The van der Waals surface area contributed by atoms with E-state index in [4.69, 9.17) is 23.2 Å². The van der Waals surface area contributed by atoms with Gasteiger partial charge in [-0.2, -0.15) is 0 Å². The number of amides is 1. The molecule has 1 heterocycles. The molecule has 1 saturated heterocycles. The van der Waals surface area contributed by atoms with Gasteiger partial charge in [0.15, 0.2) is 0 Å². The predicted octanol–water partition coefficient (Wildman–Crippen LogP) is 3.34. The Balaban J connectivity index is 1.75. The molecule has 1 aliphatic carbocycles. The van der Waals surface area contributed by atoms with Gasteiger partial charge in [0, 0.05) is 19.1 Å². The molecule has 5 heteroatoms. The Morgan fingerprint density at radius 3 is 2.62 bits per heavy atom. The zero-order valence-electron chi connectivity index (χ0n) is 12.1. The Morgan fingerprint density at radius 2 is 2.05 bits per heavy atom. The summed E-state index contributed by atoms with van der Waals surface area (Å²) in [4.78, 5) is 14.9. The maximum atomic E-state index is 12.8. The third-order valence-corrected chi connectivity index (χ3v) is 5.18. The van der Waals surface area contributed by atoms with Gasteiger partial charge in [-0.3, -0.25) is 4.79 Å². The van der Waals surface area contributed by atoms with Crippen LogP contribution in [0.3, 0.4) is 0 Å². The van der Waals surface area contributed by atoms with Crippen LogP contribution in [0.1, 0.15) is 25.3 Å². The number of halogens is 2. The Bertz CT molecular complexity index is 545. The van der Waals surface area contributed by atoms with Crippen molar-refractivity contribution in [2.75, 3.05) is 13.1 Å². The van der Waals surface area contributed by atoms with Gasteiger partial charge in [-0.1, -0.05) is 36.2 Å². The molecule has 2 aliphatic rings. The van der Waals surface area contributed by atoms with E-state index in [1.807, 2.05) is 17.0 Å². The minimum atomic E-state index is 0.105. The van der Waals surface area contributed by atoms with Crippen molar-refractivity contribution in [3.8, 4) is 0 Å². The molecule has 3 rings (SSSR count). The van der Waals surface area contributed by atoms with Gasteiger partial charge in [-0.15, -0.1) is 0 Å². The summed E-state index contributed by atoms with van der Waals surface area (Å²) in [6.45, 7) is 4.50. The molecule has 3 nitrogen and oxygen atoms in total. The van der Waals surface area contributed by atoms with E-state index in [0.29, 0.717) is 28.5 Å². The van der Waals surface area contributed by atoms with Gasteiger partial charge in [0.2, 0.25) is 5.91 Å². The zero-order chi connectivity index (χ0) is 15.0. The lowest BCUT2D eigenvalue weighted by Crippen LogP contribution is -2.39. The highest BCUT2D eigenvalue weighted by atomic mass is 35.5. The normalized spacial score (nSPS) is 25.1. The van der Waals surface area contributed by atoms with Gasteiger partial charge >= 0.3 is 0 Å². The van der Waals surface area contributed by atoms with Crippen molar-refractivity contribution in [3.05, 3.63) is 33.8 Å². The van der Waals surface area contributed by atoms with Crippen molar-refractivity contribution >= 4 is 29.1 Å². The maximum Gasteiger partial charge on any atom is 0.227 e. The van der Waals surface area contributed by atoms with Crippen LogP contribution in [-0.2, 0) is 11.3 Å². The number of rotatable bonds is 4. The van der Waals surface area contributed by atoms with Crippen molar-refractivity contribution in [1.29, 1.82) is 0 Å². The lowest BCUT2D eigenvalue weighted by atomic mass is 9.96. The molecule has 1 N–H and O–H groups in total. The van der Waals surface area contributed by atoms with Gasteiger partial charge in [0.05, 0.1) is 16.0 Å². The van der Waals surface area contributed by atoms with E-state index >= 15 is 0 Å². The summed E-state index contributed by atoms with van der Waals surface area (Å²) < 4.78 is 0. The van der Waals surface area contributed by atoms with Gasteiger partial charge in [0.1, 0.15) is 0 Å². The predicted molar refractivity (Wildman–Crippen MR) is 85.6 cm³/mol. The van der Waals surface area contributed by atoms with Gasteiger partial charge in [-0.05, 0) is 43.0 Å². The zero-order valence-corrected chi connectivity index (χ0v) is 13.6. The topological polar surface area (TPSA) is 32.3 Å². The first-order valence-corrected chi connectivity index (χ1v) is 8.27. The van der Waals surface area contributed by atoms with Crippen molar-refractivity contribution in [3.63, 3.8) is 0 Å². The molecule has 0 bridgehead atoms. The quantitative estimate of drug-likeness (QED) is 0.920. The van der Waals surface area contributed by atoms with E-state index in [1.54, 1.807) is 6.07 Å². The second kappa shape index (κ2) is 6.15. The highest BCUT2D eigenvalue weighted by molar-refractivity contribution is 6.42. The molecule has 2 atom stereocenters. The summed E-state index contributed by atoms with van der Waals surface area (Å²) in [7, 11) is 0. The van der Waals surface area contributed by atoms with Gasteiger partial charge in [-0.25, -0.2) is 0 Å². The summed E-state index contributed by atoms with van der Waals surface area (Å²) in [5.74, 6) is 0.794. The fourth-order valence-electron chi connectivity index (χ4n) is 2.96. The first-order valence-electron chi connectivity index (χ1n) is 7.51. The van der Waals surface area contributed by atoms with Crippen molar-refractivity contribution < 1.29 is 4.79 Å². The highest BCUT2D eigenvalue weighted by Crippen LogP contribution is 2.32. The average molecular weight is 327 g/mol. The van der Waals surface area contributed by atoms with Crippen LogP contribution in [0.15, 0.2) is 18.2 Å². The number of hydrogen-bond donors (Lipinski definition) is 1. The average Bonchev–Trinajstić information content (AvgIpc) is 3.21. The van der Waals surface area contributed by atoms with E-state index in [-0.39, 0.29) is 11.8 Å². The van der Waals surface area contributed by atoms with Crippen molar-refractivity contribution in [2.24, 2.45) is 11.8 Å². The van der Waals surface area contributed by atoms with Crippen molar-refractivity contribution in [1.82, 2.24) is 10.2 Å². The molecule has 0 radical (unpaired) electrons. The summed E-state index contributed by atoms with van der Waals surface area (Å²) in [6, 6.07) is 6.02. The van der Waals surface area contributed by atoms with E-state index in [9.17, 15) is 4.79 Å². The molecule has 21 heavy (non-hydrogen) atoms. The molecule has 1 aliphatic heterocycles. The lowest BCUT2D eigenvalue weighted by Gasteiger charge is -2.27. The monoisotopic (exact) mass is 326 g/mol. The van der Waals surface area contributed by atoms with Gasteiger partial charge < -0.3 is 10.2 Å². The minimum Gasteiger partial charge on any atom is -0.335 e. The molecular weight excluding hydrogens is 307 g/mol. The third kappa shape index (κ3) is 3.36. The number of nitrogens with zero attached hydrogens (tertiary/aromatic N) is 1. The molecule has 1 aromatic rings. The highest BCUT2D eigenvalue weighted by Gasteiger charge is 2.39. The van der Waals surface area contributed by atoms with Gasteiger partial charge in [0.25, 0.3) is 0 Å². The Hall–Kier alpha value is -0.770. The number of nitrogens with one attached hydrogen (secondary N) is 1. The smallest absolute Gasteiger partial charge is 0.227 e. The molecule has 2 fully saturated rings. The second-order valence-electron chi connectivity index (χ2n) is 6.19. The van der Waals surface area contributed by atoms with Crippen LogP contribution in [0.2, 0.25) is 10.0 Å². The molecule has 0 aromatic heterocycles.